The lowest BCUT2D eigenvalue weighted by atomic mass is 9.99. The van der Waals surface area contributed by atoms with E-state index >= 15 is 0 Å². The van der Waals surface area contributed by atoms with Crippen LogP contribution in [0.3, 0.4) is 0 Å². The first kappa shape index (κ1) is 9.65. The molecule has 2 rings (SSSR count). The Morgan fingerprint density at radius 3 is 2.47 bits per heavy atom. The number of rotatable bonds is 1. The standard InChI is InChI=1S/C12H11NO2/c1-7-3-4-8(2)9(5-7)10-6-11(14)13-12(10)15/h3-6H,1-2H3,(H,13,14,15). The van der Waals surface area contributed by atoms with E-state index in [1.54, 1.807) is 0 Å². The van der Waals surface area contributed by atoms with Gasteiger partial charge in [0.25, 0.3) is 11.8 Å². The van der Waals surface area contributed by atoms with E-state index in [4.69, 9.17) is 0 Å². The fourth-order valence-corrected chi connectivity index (χ4v) is 1.64. The monoisotopic (exact) mass is 201 g/mol. The number of imide groups is 1. The lowest BCUT2D eigenvalue weighted by Gasteiger charge is -2.05. The molecule has 2 amide bonds. The molecule has 3 nitrogen and oxygen atoms in total. The number of amides is 2. The van der Waals surface area contributed by atoms with Gasteiger partial charge in [0.1, 0.15) is 0 Å². The van der Waals surface area contributed by atoms with E-state index in [-0.39, 0.29) is 11.8 Å². The van der Waals surface area contributed by atoms with Crippen LogP contribution in [-0.2, 0) is 9.59 Å². The summed E-state index contributed by atoms with van der Waals surface area (Å²) >= 11 is 0. The zero-order valence-electron chi connectivity index (χ0n) is 8.63. The Kier molecular flexibility index (Phi) is 2.15. The van der Waals surface area contributed by atoms with Gasteiger partial charge in [-0.05, 0) is 25.0 Å². The number of carbonyl (C=O) groups excluding carboxylic acids is 2. The van der Waals surface area contributed by atoms with Crippen molar-refractivity contribution in [2.75, 3.05) is 0 Å². The van der Waals surface area contributed by atoms with Crippen molar-refractivity contribution in [3.8, 4) is 0 Å². The molecule has 0 fully saturated rings. The highest BCUT2D eigenvalue weighted by atomic mass is 16.2. The Morgan fingerprint density at radius 1 is 1.13 bits per heavy atom. The minimum Gasteiger partial charge on any atom is -0.289 e. The maximum absolute atomic E-state index is 11.4. The third-order valence-electron chi connectivity index (χ3n) is 2.44. The lowest BCUT2D eigenvalue weighted by Crippen LogP contribution is -2.21. The highest BCUT2D eigenvalue weighted by molar-refractivity contribution is 6.33. The summed E-state index contributed by atoms with van der Waals surface area (Å²) in [5.74, 6) is -0.649. The summed E-state index contributed by atoms with van der Waals surface area (Å²) in [5, 5.41) is 2.24. The topological polar surface area (TPSA) is 46.2 Å². The number of carbonyl (C=O) groups is 2. The molecular formula is C12H11NO2. The van der Waals surface area contributed by atoms with E-state index in [0.29, 0.717) is 5.57 Å². The predicted molar refractivity (Wildman–Crippen MR) is 57.0 cm³/mol. The van der Waals surface area contributed by atoms with Gasteiger partial charge in [-0.1, -0.05) is 23.8 Å². The SMILES string of the molecule is Cc1ccc(C)c(C2=CC(=O)NC2=O)c1. The van der Waals surface area contributed by atoms with Crippen molar-refractivity contribution in [1.29, 1.82) is 0 Å². The number of hydrogen-bond donors (Lipinski definition) is 1. The summed E-state index contributed by atoms with van der Waals surface area (Å²) in [6, 6.07) is 5.84. The summed E-state index contributed by atoms with van der Waals surface area (Å²) in [6.45, 7) is 3.88. The predicted octanol–water partition coefficient (Wildman–Crippen LogP) is 1.34. The number of benzene rings is 1. The second-order valence-corrected chi connectivity index (χ2v) is 3.69. The van der Waals surface area contributed by atoms with Gasteiger partial charge in [0.05, 0.1) is 5.57 Å². The fraction of sp³-hybridized carbons (Fsp3) is 0.167. The zero-order valence-corrected chi connectivity index (χ0v) is 8.63. The molecule has 3 heteroatoms. The molecule has 1 aliphatic rings. The van der Waals surface area contributed by atoms with Crippen molar-refractivity contribution in [1.82, 2.24) is 5.32 Å². The first-order valence-corrected chi connectivity index (χ1v) is 4.72. The summed E-state index contributed by atoms with van der Waals surface area (Å²) in [7, 11) is 0. The number of aryl methyl sites for hydroxylation is 2. The molecule has 0 atom stereocenters. The van der Waals surface area contributed by atoms with Gasteiger partial charge >= 0.3 is 0 Å². The van der Waals surface area contributed by atoms with Gasteiger partial charge in [-0.3, -0.25) is 14.9 Å². The number of nitrogens with one attached hydrogen (secondary N) is 1. The second kappa shape index (κ2) is 3.35. The van der Waals surface area contributed by atoms with Gasteiger partial charge < -0.3 is 0 Å². The molecule has 0 aliphatic carbocycles. The van der Waals surface area contributed by atoms with E-state index in [0.717, 1.165) is 16.7 Å². The Balaban J connectivity index is 2.54. The van der Waals surface area contributed by atoms with E-state index in [1.807, 2.05) is 32.0 Å². The van der Waals surface area contributed by atoms with Crippen LogP contribution in [-0.4, -0.2) is 11.8 Å². The molecule has 15 heavy (non-hydrogen) atoms. The molecular weight excluding hydrogens is 190 g/mol. The first-order chi connectivity index (χ1) is 7.08. The van der Waals surface area contributed by atoms with Crippen molar-refractivity contribution >= 4 is 17.4 Å². The van der Waals surface area contributed by atoms with Gasteiger partial charge in [-0.25, -0.2) is 0 Å². The molecule has 0 aromatic heterocycles. The van der Waals surface area contributed by atoms with Gasteiger partial charge in [0.15, 0.2) is 0 Å². The summed E-state index contributed by atoms with van der Waals surface area (Å²) < 4.78 is 0. The van der Waals surface area contributed by atoms with Crippen LogP contribution < -0.4 is 5.32 Å². The molecule has 0 saturated heterocycles. The Hall–Kier alpha value is -1.90. The van der Waals surface area contributed by atoms with Crippen LogP contribution >= 0.6 is 0 Å². The molecule has 0 unspecified atom stereocenters. The van der Waals surface area contributed by atoms with Crippen LogP contribution in [0, 0.1) is 13.8 Å². The molecule has 0 radical (unpaired) electrons. The van der Waals surface area contributed by atoms with Crippen molar-refractivity contribution < 1.29 is 9.59 Å². The van der Waals surface area contributed by atoms with Gasteiger partial charge in [-0.2, -0.15) is 0 Å². The second-order valence-electron chi connectivity index (χ2n) is 3.69. The quantitative estimate of drug-likeness (QED) is 0.697. The van der Waals surface area contributed by atoms with Crippen molar-refractivity contribution in [3.05, 3.63) is 41.0 Å². The van der Waals surface area contributed by atoms with Gasteiger partial charge in [-0.15, -0.1) is 0 Å². The smallest absolute Gasteiger partial charge is 0.258 e. The van der Waals surface area contributed by atoms with Crippen LogP contribution in [0.2, 0.25) is 0 Å². The Labute approximate surface area is 87.8 Å². The molecule has 1 N–H and O–H groups in total. The van der Waals surface area contributed by atoms with Crippen LogP contribution in [0.1, 0.15) is 16.7 Å². The maximum atomic E-state index is 11.4. The van der Waals surface area contributed by atoms with Crippen LogP contribution in [0.4, 0.5) is 0 Å². The van der Waals surface area contributed by atoms with Crippen molar-refractivity contribution in [3.63, 3.8) is 0 Å². The lowest BCUT2D eigenvalue weighted by molar-refractivity contribution is -0.123. The van der Waals surface area contributed by atoms with Gasteiger partial charge in [0, 0.05) is 6.08 Å². The third-order valence-corrected chi connectivity index (χ3v) is 2.44. The minimum absolute atomic E-state index is 0.311. The molecule has 76 valence electrons. The average Bonchev–Trinajstić information content (AvgIpc) is 2.50. The van der Waals surface area contributed by atoms with Crippen LogP contribution in [0.25, 0.3) is 5.57 Å². The van der Waals surface area contributed by atoms with E-state index in [9.17, 15) is 9.59 Å². The van der Waals surface area contributed by atoms with Gasteiger partial charge in [0.2, 0.25) is 0 Å². The first-order valence-electron chi connectivity index (χ1n) is 4.72. The van der Waals surface area contributed by atoms with E-state index < -0.39 is 0 Å². The normalized spacial score (nSPS) is 15.2. The fourth-order valence-electron chi connectivity index (χ4n) is 1.64. The molecule has 1 aromatic rings. The summed E-state index contributed by atoms with van der Waals surface area (Å²) in [4.78, 5) is 22.5. The highest BCUT2D eigenvalue weighted by Gasteiger charge is 2.23. The molecule has 0 bridgehead atoms. The largest absolute Gasteiger partial charge is 0.289 e. The molecule has 0 spiro atoms. The Morgan fingerprint density at radius 2 is 1.87 bits per heavy atom. The van der Waals surface area contributed by atoms with Crippen LogP contribution in [0.15, 0.2) is 24.3 Å². The minimum atomic E-state index is -0.337. The summed E-state index contributed by atoms with van der Waals surface area (Å²) in [5.41, 5.74) is 3.36. The molecule has 0 saturated carbocycles. The average molecular weight is 201 g/mol. The molecule has 1 heterocycles. The third kappa shape index (κ3) is 1.68. The van der Waals surface area contributed by atoms with Crippen molar-refractivity contribution in [2.24, 2.45) is 0 Å². The maximum Gasteiger partial charge on any atom is 0.258 e. The Bertz CT molecular complexity index is 486. The summed E-state index contributed by atoms with van der Waals surface area (Å²) in [6.07, 6.45) is 1.35. The van der Waals surface area contributed by atoms with Crippen LogP contribution in [0.5, 0.6) is 0 Å². The molecule has 1 aliphatic heterocycles. The molecule has 1 aromatic carbocycles. The van der Waals surface area contributed by atoms with E-state index in [2.05, 4.69) is 5.32 Å². The number of hydrogen-bond acceptors (Lipinski definition) is 2. The van der Waals surface area contributed by atoms with Crippen molar-refractivity contribution in [2.45, 2.75) is 13.8 Å². The van der Waals surface area contributed by atoms with E-state index in [1.165, 1.54) is 6.08 Å². The highest BCUT2D eigenvalue weighted by Crippen LogP contribution is 2.22. The zero-order chi connectivity index (χ0) is 11.0.